The van der Waals surface area contributed by atoms with Crippen LogP contribution in [0.25, 0.3) is 10.2 Å². The molecule has 0 saturated carbocycles. The van der Waals surface area contributed by atoms with Crippen LogP contribution in [0.1, 0.15) is 30.9 Å². The largest absolute Gasteiger partial charge is 0.316 e. The van der Waals surface area contributed by atoms with Gasteiger partial charge in [-0.05, 0) is 67.8 Å². The van der Waals surface area contributed by atoms with Crippen molar-refractivity contribution in [3.63, 3.8) is 0 Å². The number of rotatable bonds is 6. The van der Waals surface area contributed by atoms with Gasteiger partial charge in [0.1, 0.15) is 0 Å². The third kappa shape index (κ3) is 5.03. The number of aromatic nitrogens is 1. The molecule has 142 valence electrons. The zero-order valence-corrected chi connectivity index (χ0v) is 18.2. The van der Waals surface area contributed by atoms with E-state index in [1.165, 1.54) is 21.3 Å². The lowest BCUT2D eigenvalue weighted by Crippen LogP contribution is -2.17. The van der Waals surface area contributed by atoms with Crippen molar-refractivity contribution in [3.05, 3.63) is 57.3 Å². The first-order valence-corrected chi connectivity index (χ1v) is 11.2. The summed E-state index contributed by atoms with van der Waals surface area (Å²) in [6.45, 7) is 7.26. The van der Waals surface area contributed by atoms with Gasteiger partial charge in [-0.25, -0.2) is 0 Å². The second-order valence-corrected chi connectivity index (χ2v) is 9.11. The van der Waals surface area contributed by atoms with Crippen LogP contribution < -0.4 is 4.80 Å². The van der Waals surface area contributed by atoms with E-state index in [1.54, 1.807) is 23.1 Å². The Morgan fingerprint density at radius 3 is 2.59 bits per heavy atom. The van der Waals surface area contributed by atoms with Gasteiger partial charge in [0.05, 0.1) is 10.2 Å². The standard InChI is InChI=1S/C21H23ClN2OS2/c1-4-10-24-18-12-14(2)15(3)13-19(18)27-21(24)23-20(25)9-11-26-17-7-5-16(22)6-8-17/h5-8,12-13H,4,9-11H2,1-3H3. The molecule has 27 heavy (non-hydrogen) atoms. The average molecular weight is 419 g/mol. The third-order valence-electron chi connectivity index (χ3n) is 4.36. The number of fused-ring (bicyclic) bond motifs is 1. The highest BCUT2D eigenvalue weighted by atomic mass is 35.5. The smallest absolute Gasteiger partial charge is 0.249 e. The van der Waals surface area contributed by atoms with Gasteiger partial charge in [-0.3, -0.25) is 4.79 Å². The third-order valence-corrected chi connectivity index (χ3v) is 6.67. The number of hydrogen-bond donors (Lipinski definition) is 0. The monoisotopic (exact) mass is 418 g/mol. The Bertz CT molecular complexity index is 1020. The Balaban J connectivity index is 1.78. The molecule has 0 spiro atoms. The molecule has 0 aliphatic carbocycles. The Kier molecular flexibility index (Phi) is 6.79. The summed E-state index contributed by atoms with van der Waals surface area (Å²) in [6.07, 6.45) is 1.43. The van der Waals surface area contributed by atoms with Crippen LogP contribution in [0.5, 0.6) is 0 Å². The number of thiazole rings is 1. The maximum absolute atomic E-state index is 12.4. The molecule has 0 bridgehead atoms. The van der Waals surface area contributed by atoms with Gasteiger partial charge in [-0.1, -0.05) is 29.9 Å². The Morgan fingerprint density at radius 2 is 1.89 bits per heavy atom. The first kappa shape index (κ1) is 20.2. The number of aryl methyl sites for hydroxylation is 3. The van der Waals surface area contributed by atoms with Crippen LogP contribution in [0.3, 0.4) is 0 Å². The summed E-state index contributed by atoms with van der Waals surface area (Å²) in [7, 11) is 0. The quantitative estimate of drug-likeness (QED) is 0.460. The number of carbonyl (C=O) groups excluding carboxylic acids is 1. The highest BCUT2D eigenvalue weighted by molar-refractivity contribution is 7.99. The minimum atomic E-state index is -0.0682. The summed E-state index contributed by atoms with van der Waals surface area (Å²) in [5.74, 6) is 0.641. The molecule has 3 nitrogen and oxygen atoms in total. The fourth-order valence-corrected chi connectivity index (χ4v) is 4.92. The molecule has 0 radical (unpaired) electrons. The highest BCUT2D eigenvalue weighted by Gasteiger charge is 2.09. The summed E-state index contributed by atoms with van der Waals surface area (Å²) in [4.78, 5) is 18.8. The topological polar surface area (TPSA) is 34.4 Å². The highest BCUT2D eigenvalue weighted by Crippen LogP contribution is 2.23. The zero-order valence-electron chi connectivity index (χ0n) is 15.8. The van der Waals surface area contributed by atoms with Crippen LogP contribution in [-0.2, 0) is 11.3 Å². The van der Waals surface area contributed by atoms with Gasteiger partial charge in [0, 0.05) is 28.6 Å². The second-order valence-electron chi connectivity index (χ2n) is 6.50. The van der Waals surface area contributed by atoms with Crippen LogP contribution in [0.4, 0.5) is 0 Å². The molecular weight excluding hydrogens is 396 g/mol. The van der Waals surface area contributed by atoms with Gasteiger partial charge in [0.2, 0.25) is 5.91 Å². The maximum Gasteiger partial charge on any atom is 0.249 e. The fourth-order valence-electron chi connectivity index (χ4n) is 2.80. The summed E-state index contributed by atoms with van der Waals surface area (Å²) in [5.41, 5.74) is 3.71. The summed E-state index contributed by atoms with van der Waals surface area (Å²) < 4.78 is 3.37. The van der Waals surface area contributed by atoms with Gasteiger partial charge in [-0.15, -0.1) is 11.8 Å². The number of hydrogen-bond acceptors (Lipinski definition) is 3. The number of thioether (sulfide) groups is 1. The first-order valence-electron chi connectivity index (χ1n) is 9.04. The predicted octanol–water partition coefficient (Wildman–Crippen LogP) is 5.99. The first-order chi connectivity index (χ1) is 13.0. The zero-order chi connectivity index (χ0) is 19.4. The molecule has 0 aliphatic heterocycles. The van der Waals surface area contributed by atoms with E-state index in [9.17, 15) is 4.79 Å². The van der Waals surface area contributed by atoms with Gasteiger partial charge in [0.15, 0.2) is 4.80 Å². The molecule has 1 heterocycles. The van der Waals surface area contributed by atoms with Crippen molar-refractivity contribution in [1.82, 2.24) is 4.57 Å². The number of amides is 1. The van der Waals surface area contributed by atoms with Gasteiger partial charge < -0.3 is 4.57 Å². The van der Waals surface area contributed by atoms with E-state index in [0.717, 1.165) is 27.7 Å². The van der Waals surface area contributed by atoms with Crippen molar-refractivity contribution in [2.24, 2.45) is 4.99 Å². The van der Waals surface area contributed by atoms with E-state index < -0.39 is 0 Å². The molecular formula is C21H23ClN2OS2. The molecule has 0 unspecified atom stereocenters. The van der Waals surface area contributed by atoms with Crippen molar-refractivity contribution < 1.29 is 4.79 Å². The average Bonchev–Trinajstić information content (AvgIpc) is 2.94. The normalized spacial score (nSPS) is 12.1. The van der Waals surface area contributed by atoms with Gasteiger partial charge >= 0.3 is 0 Å². The van der Waals surface area contributed by atoms with E-state index in [-0.39, 0.29) is 5.91 Å². The Morgan fingerprint density at radius 1 is 1.19 bits per heavy atom. The van der Waals surface area contributed by atoms with Crippen molar-refractivity contribution in [2.75, 3.05) is 5.75 Å². The summed E-state index contributed by atoms with van der Waals surface area (Å²) in [5, 5.41) is 0.723. The van der Waals surface area contributed by atoms with Crippen LogP contribution in [0.15, 0.2) is 46.3 Å². The van der Waals surface area contributed by atoms with E-state index in [2.05, 4.69) is 42.5 Å². The SMILES string of the molecule is CCCn1c(=NC(=O)CCSc2ccc(Cl)cc2)sc2cc(C)c(C)cc21. The molecule has 3 rings (SSSR count). The predicted molar refractivity (Wildman–Crippen MR) is 117 cm³/mol. The van der Waals surface area contributed by atoms with Crippen LogP contribution in [0, 0.1) is 13.8 Å². The molecule has 0 aliphatic rings. The van der Waals surface area contributed by atoms with Crippen molar-refractivity contribution in [2.45, 2.75) is 45.1 Å². The van der Waals surface area contributed by atoms with Crippen molar-refractivity contribution in [1.29, 1.82) is 0 Å². The lowest BCUT2D eigenvalue weighted by Gasteiger charge is -2.05. The molecule has 1 aromatic heterocycles. The van der Waals surface area contributed by atoms with Crippen LogP contribution in [-0.4, -0.2) is 16.2 Å². The van der Waals surface area contributed by atoms with E-state index in [0.29, 0.717) is 12.2 Å². The van der Waals surface area contributed by atoms with Gasteiger partial charge in [-0.2, -0.15) is 4.99 Å². The minimum Gasteiger partial charge on any atom is -0.316 e. The molecule has 0 fully saturated rings. The Labute approximate surface area is 173 Å². The molecule has 0 N–H and O–H groups in total. The summed E-state index contributed by atoms with van der Waals surface area (Å²) >= 11 is 9.15. The number of benzene rings is 2. The number of halogens is 1. The minimum absolute atomic E-state index is 0.0682. The maximum atomic E-state index is 12.4. The van der Waals surface area contributed by atoms with Crippen LogP contribution in [0.2, 0.25) is 5.02 Å². The van der Waals surface area contributed by atoms with Crippen LogP contribution >= 0.6 is 34.7 Å². The molecule has 3 aromatic rings. The van der Waals surface area contributed by atoms with E-state index in [1.807, 2.05) is 24.3 Å². The van der Waals surface area contributed by atoms with E-state index in [4.69, 9.17) is 11.6 Å². The number of nitrogens with zero attached hydrogens (tertiary/aromatic N) is 2. The molecule has 2 aromatic carbocycles. The molecule has 6 heteroatoms. The molecule has 1 amide bonds. The van der Waals surface area contributed by atoms with Crippen molar-refractivity contribution in [3.8, 4) is 0 Å². The summed E-state index contributed by atoms with van der Waals surface area (Å²) in [6, 6.07) is 12.1. The lowest BCUT2D eigenvalue weighted by molar-refractivity contribution is -0.117. The second kappa shape index (κ2) is 9.09. The lowest BCUT2D eigenvalue weighted by atomic mass is 10.1. The van der Waals surface area contributed by atoms with Gasteiger partial charge in [0.25, 0.3) is 0 Å². The van der Waals surface area contributed by atoms with E-state index >= 15 is 0 Å². The fraction of sp³-hybridized carbons (Fsp3) is 0.333. The van der Waals surface area contributed by atoms with Crippen molar-refractivity contribution >= 4 is 50.8 Å². The molecule has 0 saturated heterocycles. The number of carbonyl (C=O) groups is 1. The Hall–Kier alpha value is -1.56. The molecule has 0 atom stereocenters.